The van der Waals surface area contributed by atoms with E-state index in [0.29, 0.717) is 12.2 Å². The van der Waals surface area contributed by atoms with Crippen molar-refractivity contribution in [1.29, 1.82) is 0 Å². The molecule has 14 heavy (non-hydrogen) atoms. The molecule has 0 aliphatic carbocycles. The second-order valence-electron chi connectivity index (χ2n) is 2.66. The van der Waals surface area contributed by atoms with E-state index in [1.807, 2.05) is 13.1 Å². The van der Waals surface area contributed by atoms with Crippen LogP contribution < -0.4 is 5.32 Å². The number of nitrogens with one attached hydrogen (secondary N) is 1. The van der Waals surface area contributed by atoms with Crippen LogP contribution in [0.3, 0.4) is 0 Å². The number of likely N-dealkylation sites (N-methyl/N-ethyl adjacent to an activating group) is 1. The lowest BCUT2D eigenvalue weighted by atomic mass is 10.3. The van der Waals surface area contributed by atoms with Gasteiger partial charge in [-0.1, -0.05) is 6.08 Å². The van der Waals surface area contributed by atoms with Gasteiger partial charge >= 0.3 is 0 Å². The number of hydrogen-bond acceptors (Lipinski definition) is 4. The van der Waals surface area contributed by atoms with Crippen molar-refractivity contribution in [3.05, 3.63) is 40.2 Å². The van der Waals surface area contributed by atoms with Crippen molar-refractivity contribution >= 4 is 11.8 Å². The quantitative estimate of drug-likeness (QED) is 0.576. The lowest BCUT2D eigenvalue weighted by Crippen LogP contribution is -2.03. The van der Waals surface area contributed by atoms with Gasteiger partial charge in [0.2, 0.25) is 0 Å². The van der Waals surface area contributed by atoms with E-state index in [9.17, 15) is 10.1 Å². The topological polar surface area (TPSA) is 68.1 Å². The minimum Gasteiger partial charge on any atom is -0.316 e. The third-order valence-electron chi connectivity index (χ3n) is 1.59. The maximum absolute atomic E-state index is 10.4. The molecule has 0 saturated carbocycles. The number of nitro groups is 1. The van der Waals surface area contributed by atoms with Gasteiger partial charge in [0.1, 0.15) is 0 Å². The fourth-order valence-electron chi connectivity index (χ4n) is 0.939. The Morgan fingerprint density at radius 1 is 1.71 bits per heavy atom. The van der Waals surface area contributed by atoms with Crippen LogP contribution in [0.1, 0.15) is 5.69 Å². The Kier molecular flexibility index (Phi) is 3.75. The van der Waals surface area contributed by atoms with Gasteiger partial charge < -0.3 is 5.32 Å². The predicted octanol–water partition coefficient (Wildman–Crippen LogP) is 1.22. The third-order valence-corrected chi connectivity index (χ3v) is 1.59. The molecule has 0 spiro atoms. The van der Waals surface area contributed by atoms with Gasteiger partial charge in [-0.3, -0.25) is 15.1 Å². The predicted molar refractivity (Wildman–Crippen MR) is 53.9 cm³/mol. The van der Waals surface area contributed by atoms with E-state index in [1.165, 1.54) is 18.3 Å². The average Bonchev–Trinajstić information content (AvgIpc) is 2.19. The molecule has 0 radical (unpaired) electrons. The number of hydrogen-bond donors (Lipinski definition) is 1. The van der Waals surface area contributed by atoms with E-state index >= 15 is 0 Å². The summed E-state index contributed by atoms with van der Waals surface area (Å²) in [4.78, 5) is 14.0. The monoisotopic (exact) mass is 193 g/mol. The van der Waals surface area contributed by atoms with Crippen molar-refractivity contribution in [3.63, 3.8) is 0 Å². The fraction of sp³-hybridized carbons (Fsp3) is 0.222. The van der Waals surface area contributed by atoms with Gasteiger partial charge in [-0.25, -0.2) is 0 Å². The number of aromatic nitrogens is 1. The number of rotatable bonds is 4. The second kappa shape index (κ2) is 5.08. The van der Waals surface area contributed by atoms with Gasteiger partial charge in [-0.15, -0.1) is 0 Å². The van der Waals surface area contributed by atoms with Crippen LogP contribution in [0.25, 0.3) is 6.08 Å². The lowest BCUT2D eigenvalue weighted by Gasteiger charge is -1.93. The van der Waals surface area contributed by atoms with Gasteiger partial charge in [-0.2, -0.15) is 0 Å². The minimum absolute atomic E-state index is 0.0594. The molecular formula is C9H11N3O2. The van der Waals surface area contributed by atoms with E-state index < -0.39 is 4.92 Å². The molecule has 0 aliphatic heterocycles. The Hall–Kier alpha value is -1.75. The summed E-state index contributed by atoms with van der Waals surface area (Å²) < 4.78 is 0. The summed E-state index contributed by atoms with van der Waals surface area (Å²) in [5.41, 5.74) is 0.651. The van der Waals surface area contributed by atoms with Crippen LogP contribution in [0.15, 0.2) is 24.4 Å². The van der Waals surface area contributed by atoms with Crippen molar-refractivity contribution in [2.24, 2.45) is 0 Å². The highest BCUT2D eigenvalue weighted by Gasteiger charge is 2.03. The highest BCUT2D eigenvalue weighted by Crippen LogP contribution is 2.11. The first kappa shape index (κ1) is 10.3. The zero-order valence-corrected chi connectivity index (χ0v) is 7.80. The Morgan fingerprint density at radius 3 is 3.14 bits per heavy atom. The molecule has 1 heterocycles. The summed E-state index contributed by atoms with van der Waals surface area (Å²) in [5.74, 6) is 0. The van der Waals surface area contributed by atoms with Crippen LogP contribution in [-0.4, -0.2) is 23.5 Å². The lowest BCUT2D eigenvalue weighted by molar-refractivity contribution is -0.384. The van der Waals surface area contributed by atoms with E-state index in [2.05, 4.69) is 10.3 Å². The molecule has 0 saturated heterocycles. The molecule has 0 aliphatic rings. The molecule has 0 bridgehead atoms. The van der Waals surface area contributed by atoms with Crippen molar-refractivity contribution in [3.8, 4) is 0 Å². The molecule has 1 rings (SSSR count). The summed E-state index contributed by atoms with van der Waals surface area (Å²) in [6, 6.07) is 2.81. The summed E-state index contributed by atoms with van der Waals surface area (Å²) in [6.07, 6.45) is 5.02. The SMILES string of the molecule is CNCC=Cc1cc([N+](=O)[O-])ccn1. The highest BCUT2D eigenvalue weighted by atomic mass is 16.6. The second-order valence-corrected chi connectivity index (χ2v) is 2.66. The fourth-order valence-corrected chi connectivity index (χ4v) is 0.939. The Bertz CT molecular complexity index is 350. The molecule has 1 N–H and O–H groups in total. The molecule has 0 atom stereocenters. The van der Waals surface area contributed by atoms with E-state index in [4.69, 9.17) is 0 Å². The molecule has 1 aromatic heterocycles. The van der Waals surface area contributed by atoms with E-state index in [1.54, 1.807) is 6.08 Å². The summed E-state index contributed by atoms with van der Waals surface area (Å²) >= 11 is 0. The van der Waals surface area contributed by atoms with Crippen LogP contribution in [0.2, 0.25) is 0 Å². The maximum atomic E-state index is 10.4. The van der Waals surface area contributed by atoms with Crippen molar-refractivity contribution in [1.82, 2.24) is 10.3 Å². The van der Waals surface area contributed by atoms with Crippen molar-refractivity contribution in [2.75, 3.05) is 13.6 Å². The standard InChI is InChI=1S/C9H11N3O2/c1-10-5-2-3-8-7-9(12(13)14)4-6-11-8/h2-4,6-7,10H,5H2,1H3. The first-order valence-corrected chi connectivity index (χ1v) is 4.15. The molecule has 5 nitrogen and oxygen atoms in total. The molecule has 0 unspecified atom stereocenters. The largest absolute Gasteiger partial charge is 0.316 e. The summed E-state index contributed by atoms with van der Waals surface area (Å²) in [7, 11) is 1.82. The van der Waals surface area contributed by atoms with Crippen LogP contribution in [-0.2, 0) is 0 Å². The Labute approximate surface area is 81.6 Å². The van der Waals surface area contributed by atoms with Gasteiger partial charge in [0.25, 0.3) is 5.69 Å². The number of pyridine rings is 1. The van der Waals surface area contributed by atoms with Crippen molar-refractivity contribution < 1.29 is 4.92 Å². The van der Waals surface area contributed by atoms with Crippen molar-refractivity contribution in [2.45, 2.75) is 0 Å². The zero-order valence-electron chi connectivity index (χ0n) is 7.80. The molecule has 74 valence electrons. The molecular weight excluding hydrogens is 182 g/mol. The molecule has 5 heteroatoms. The Morgan fingerprint density at radius 2 is 2.50 bits per heavy atom. The Balaban J connectivity index is 2.78. The minimum atomic E-state index is -0.433. The maximum Gasteiger partial charge on any atom is 0.273 e. The highest BCUT2D eigenvalue weighted by molar-refractivity contribution is 5.48. The normalized spacial score (nSPS) is 10.6. The van der Waals surface area contributed by atoms with Gasteiger partial charge in [0, 0.05) is 24.9 Å². The van der Waals surface area contributed by atoms with Gasteiger partial charge in [0.15, 0.2) is 0 Å². The first-order valence-electron chi connectivity index (χ1n) is 4.15. The average molecular weight is 193 g/mol. The first-order chi connectivity index (χ1) is 6.74. The summed E-state index contributed by atoms with van der Waals surface area (Å²) in [5, 5.41) is 13.4. The van der Waals surface area contributed by atoms with Crippen LogP contribution in [0.4, 0.5) is 5.69 Å². The van der Waals surface area contributed by atoms with E-state index in [0.717, 1.165) is 0 Å². The molecule has 0 amide bonds. The molecule has 0 fully saturated rings. The van der Waals surface area contributed by atoms with E-state index in [-0.39, 0.29) is 5.69 Å². The number of nitrogens with zero attached hydrogens (tertiary/aromatic N) is 2. The molecule has 0 aromatic carbocycles. The third kappa shape index (κ3) is 2.95. The summed E-state index contributed by atoms with van der Waals surface area (Å²) in [6.45, 7) is 0.713. The smallest absolute Gasteiger partial charge is 0.273 e. The van der Waals surface area contributed by atoms with Crippen LogP contribution >= 0.6 is 0 Å². The zero-order chi connectivity index (χ0) is 10.4. The van der Waals surface area contributed by atoms with Crippen LogP contribution in [0.5, 0.6) is 0 Å². The molecule has 1 aromatic rings. The van der Waals surface area contributed by atoms with Gasteiger partial charge in [0.05, 0.1) is 10.6 Å². The van der Waals surface area contributed by atoms with Crippen LogP contribution in [0, 0.1) is 10.1 Å². The van der Waals surface area contributed by atoms with Gasteiger partial charge in [-0.05, 0) is 13.1 Å².